The van der Waals surface area contributed by atoms with E-state index in [1.807, 2.05) is 0 Å². The maximum atomic E-state index is 2.27. The molecule has 1 aliphatic carbocycles. The van der Waals surface area contributed by atoms with Crippen LogP contribution in [0, 0.1) is 0 Å². The van der Waals surface area contributed by atoms with Gasteiger partial charge < -0.3 is 0 Å². The summed E-state index contributed by atoms with van der Waals surface area (Å²) in [7, 11) is 0. The van der Waals surface area contributed by atoms with Crippen LogP contribution in [0.25, 0.3) is 0 Å². The van der Waals surface area contributed by atoms with E-state index in [4.69, 9.17) is 0 Å². The molecule has 0 atom stereocenters. The Morgan fingerprint density at radius 3 is 1.40 bits per heavy atom. The zero-order valence-corrected chi connectivity index (χ0v) is 6.29. The first-order valence-corrected chi connectivity index (χ1v) is 3.97. The zero-order valence-electron chi connectivity index (χ0n) is 6.29. The maximum Gasteiger partial charge on any atom is -0.0313 e. The molecule has 0 aromatic rings. The van der Waals surface area contributed by atoms with Gasteiger partial charge in [-0.25, -0.2) is 0 Å². The highest BCUT2D eigenvalue weighted by molar-refractivity contribution is 5.04. The van der Waals surface area contributed by atoms with Gasteiger partial charge in [0, 0.05) is 0 Å². The van der Waals surface area contributed by atoms with Crippen molar-refractivity contribution < 1.29 is 0 Å². The molecule has 10 heavy (non-hydrogen) atoms. The van der Waals surface area contributed by atoms with Crippen LogP contribution >= 0.6 is 0 Å². The van der Waals surface area contributed by atoms with Gasteiger partial charge in [-0.05, 0) is 25.7 Å². The molecule has 0 radical (unpaired) electrons. The van der Waals surface area contributed by atoms with Crippen LogP contribution in [0.4, 0.5) is 0 Å². The molecule has 0 amide bonds. The van der Waals surface area contributed by atoms with Crippen LogP contribution in [-0.4, -0.2) is 0 Å². The fourth-order valence-electron chi connectivity index (χ4n) is 0.970. The largest absolute Gasteiger partial charge is 0.0882 e. The van der Waals surface area contributed by atoms with E-state index in [1.54, 1.807) is 0 Å². The third kappa shape index (κ3) is 3.29. The van der Waals surface area contributed by atoms with Crippen LogP contribution in [0.1, 0.15) is 25.7 Å². The lowest BCUT2D eigenvalue weighted by molar-refractivity contribution is 0.998. The first kappa shape index (κ1) is 7.33. The summed E-state index contributed by atoms with van der Waals surface area (Å²) < 4.78 is 0. The van der Waals surface area contributed by atoms with Gasteiger partial charge in [0.1, 0.15) is 0 Å². The van der Waals surface area contributed by atoms with Crippen LogP contribution < -0.4 is 0 Å². The van der Waals surface area contributed by atoms with Gasteiger partial charge >= 0.3 is 0 Å². The predicted molar refractivity (Wildman–Crippen MR) is 45.9 cm³/mol. The van der Waals surface area contributed by atoms with E-state index < -0.39 is 0 Å². The van der Waals surface area contributed by atoms with E-state index in [2.05, 4.69) is 36.5 Å². The highest BCUT2D eigenvalue weighted by Gasteiger charge is 1.79. The monoisotopic (exact) mass is 134 g/mol. The molecule has 0 saturated carbocycles. The van der Waals surface area contributed by atoms with Gasteiger partial charge in [-0.15, -0.1) is 0 Å². The number of hydrogen-bond donors (Lipinski definition) is 0. The summed E-state index contributed by atoms with van der Waals surface area (Å²) in [5, 5.41) is 0. The van der Waals surface area contributed by atoms with Crippen molar-refractivity contribution in [1.29, 1.82) is 0 Å². The Morgan fingerprint density at radius 2 is 0.900 bits per heavy atom. The fraction of sp³-hybridized carbons (Fsp3) is 0.400. The smallest absolute Gasteiger partial charge is 0.0313 e. The second-order valence-electron chi connectivity index (χ2n) is 2.48. The summed E-state index contributed by atoms with van der Waals surface area (Å²) in [6.07, 6.45) is 18.0. The molecule has 1 aliphatic rings. The molecule has 0 saturated heterocycles. The molecule has 0 heteroatoms. The highest BCUT2D eigenvalue weighted by Crippen LogP contribution is 2.00. The fourth-order valence-corrected chi connectivity index (χ4v) is 0.970. The van der Waals surface area contributed by atoms with E-state index in [1.165, 1.54) is 25.7 Å². The van der Waals surface area contributed by atoms with Gasteiger partial charge in [-0.3, -0.25) is 0 Å². The van der Waals surface area contributed by atoms with Crippen LogP contribution in [0.2, 0.25) is 0 Å². The van der Waals surface area contributed by atoms with Crippen LogP contribution in [0.3, 0.4) is 0 Å². The molecular weight excluding hydrogens is 120 g/mol. The molecule has 0 N–H and O–H groups in total. The van der Waals surface area contributed by atoms with Gasteiger partial charge in [0.2, 0.25) is 0 Å². The van der Waals surface area contributed by atoms with Crippen molar-refractivity contribution in [2.24, 2.45) is 0 Å². The average molecular weight is 134 g/mol. The molecule has 0 nitrogen and oxygen atoms in total. The molecule has 0 aromatic carbocycles. The number of hydrogen-bond acceptors (Lipinski definition) is 0. The van der Waals surface area contributed by atoms with Crippen molar-refractivity contribution in [3.63, 3.8) is 0 Å². The summed E-state index contributed by atoms with van der Waals surface area (Å²) in [5.74, 6) is 0. The summed E-state index contributed by atoms with van der Waals surface area (Å²) in [4.78, 5) is 0. The molecule has 0 spiro atoms. The minimum atomic E-state index is 1.18. The highest BCUT2D eigenvalue weighted by atomic mass is 13.9. The molecular formula is C10H14. The topological polar surface area (TPSA) is 0 Å². The molecule has 54 valence electrons. The Bertz CT molecular complexity index is 131. The lowest BCUT2D eigenvalue weighted by Gasteiger charge is -1.90. The van der Waals surface area contributed by atoms with Gasteiger partial charge in [-0.2, -0.15) is 0 Å². The Hall–Kier alpha value is -0.780. The second-order valence-corrected chi connectivity index (χ2v) is 2.48. The average Bonchev–Trinajstić information content (AvgIpc) is 2.01. The van der Waals surface area contributed by atoms with Gasteiger partial charge in [0.25, 0.3) is 0 Å². The van der Waals surface area contributed by atoms with Crippen molar-refractivity contribution in [3.8, 4) is 0 Å². The Labute approximate surface area is 62.9 Å². The third-order valence-corrected chi connectivity index (χ3v) is 1.55. The van der Waals surface area contributed by atoms with Gasteiger partial charge in [0.05, 0.1) is 0 Å². The molecule has 0 unspecified atom stereocenters. The van der Waals surface area contributed by atoms with Crippen molar-refractivity contribution in [2.45, 2.75) is 25.7 Å². The second kappa shape index (κ2) is 5.04. The van der Waals surface area contributed by atoms with E-state index in [0.29, 0.717) is 0 Å². The first-order valence-electron chi connectivity index (χ1n) is 3.97. The molecule has 0 fully saturated rings. The van der Waals surface area contributed by atoms with E-state index in [9.17, 15) is 0 Å². The SMILES string of the molecule is C1=CCC/C=C\CC/C=C/1. The molecule has 0 heterocycles. The quantitative estimate of drug-likeness (QED) is 0.446. The van der Waals surface area contributed by atoms with E-state index in [-0.39, 0.29) is 0 Å². The zero-order chi connectivity index (χ0) is 7.07. The van der Waals surface area contributed by atoms with Crippen LogP contribution in [0.15, 0.2) is 36.5 Å². The summed E-state index contributed by atoms with van der Waals surface area (Å²) in [6.45, 7) is 0. The first-order chi connectivity index (χ1) is 5.00. The van der Waals surface area contributed by atoms with Crippen LogP contribution in [0.5, 0.6) is 0 Å². The summed E-state index contributed by atoms with van der Waals surface area (Å²) in [6, 6.07) is 0. The normalized spacial score (nSPS) is 25.6. The van der Waals surface area contributed by atoms with Crippen molar-refractivity contribution in [2.75, 3.05) is 0 Å². The van der Waals surface area contributed by atoms with Gasteiger partial charge in [-0.1, -0.05) is 36.5 Å². The molecule has 0 bridgehead atoms. The van der Waals surface area contributed by atoms with Gasteiger partial charge in [0.15, 0.2) is 0 Å². The number of rotatable bonds is 0. The molecule has 0 aliphatic heterocycles. The Balaban J connectivity index is 2.38. The predicted octanol–water partition coefficient (Wildman–Crippen LogP) is 3.23. The summed E-state index contributed by atoms with van der Waals surface area (Å²) >= 11 is 0. The Kier molecular flexibility index (Phi) is 3.69. The minimum Gasteiger partial charge on any atom is -0.0882 e. The Morgan fingerprint density at radius 1 is 0.500 bits per heavy atom. The van der Waals surface area contributed by atoms with Crippen molar-refractivity contribution in [3.05, 3.63) is 36.5 Å². The standard InChI is InChI=1S/C10H14/c1-2-4-6-8-10-9-7-5-3-1/h1-4,9-10H,5-8H2/b3-1+,4-2?,10-9-. The van der Waals surface area contributed by atoms with Crippen LogP contribution in [-0.2, 0) is 0 Å². The van der Waals surface area contributed by atoms with Crippen molar-refractivity contribution >= 4 is 0 Å². The molecule has 1 rings (SSSR count). The lowest BCUT2D eigenvalue weighted by atomic mass is 10.2. The summed E-state index contributed by atoms with van der Waals surface area (Å²) in [5.41, 5.74) is 0. The minimum absolute atomic E-state index is 1.18. The third-order valence-electron chi connectivity index (χ3n) is 1.55. The number of allylic oxidation sites excluding steroid dienone is 6. The van der Waals surface area contributed by atoms with Crippen molar-refractivity contribution in [1.82, 2.24) is 0 Å². The van der Waals surface area contributed by atoms with E-state index >= 15 is 0 Å². The molecule has 0 aromatic heterocycles. The maximum absolute atomic E-state index is 2.27. The van der Waals surface area contributed by atoms with E-state index in [0.717, 1.165) is 0 Å². The lowest BCUT2D eigenvalue weighted by Crippen LogP contribution is -1.69.